The summed E-state index contributed by atoms with van der Waals surface area (Å²) in [6.07, 6.45) is 0.183. The monoisotopic (exact) mass is 369 g/mol. The summed E-state index contributed by atoms with van der Waals surface area (Å²) in [6, 6.07) is 13.7. The number of halogens is 3. The molecule has 0 spiro atoms. The van der Waals surface area contributed by atoms with Crippen molar-refractivity contribution < 1.29 is 18.3 Å². The number of carbonyl (C=O) groups is 1. The molecular formula is C16H14BrF2NO2. The maximum atomic E-state index is 12.0. The molecule has 0 saturated carbocycles. The highest BCUT2D eigenvalue weighted by Gasteiger charge is 2.06. The molecule has 1 N–H and O–H groups in total. The summed E-state index contributed by atoms with van der Waals surface area (Å²) < 4.78 is 29.3. The van der Waals surface area contributed by atoms with Gasteiger partial charge in [-0.2, -0.15) is 8.78 Å². The summed E-state index contributed by atoms with van der Waals surface area (Å²) in [4.78, 5) is 11.9. The van der Waals surface area contributed by atoms with Crippen molar-refractivity contribution in [1.29, 1.82) is 0 Å². The molecule has 22 heavy (non-hydrogen) atoms. The summed E-state index contributed by atoms with van der Waals surface area (Å²) in [5.74, 6) is -0.0594. The lowest BCUT2D eigenvalue weighted by Gasteiger charge is -2.07. The van der Waals surface area contributed by atoms with E-state index in [0.29, 0.717) is 6.54 Å². The maximum absolute atomic E-state index is 12.0. The first kappa shape index (κ1) is 16.4. The lowest BCUT2D eigenvalue weighted by Crippen LogP contribution is -2.24. The fraction of sp³-hybridized carbons (Fsp3) is 0.188. The Morgan fingerprint density at radius 3 is 2.50 bits per heavy atom. The molecule has 3 nitrogen and oxygen atoms in total. The van der Waals surface area contributed by atoms with Crippen LogP contribution in [0.1, 0.15) is 11.1 Å². The van der Waals surface area contributed by atoms with Gasteiger partial charge in [-0.05, 0) is 35.4 Å². The second-order valence-electron chi connectivity index (χ2n) is 4.61. The molecule has 0 fully saturated rings. The van der Waals surface area contributed by atoms with Crippen LogP contribution in [0.4, 0.5) is 8.78 Å². The van der Waals surface area contributed by atoms with Crippen molar-refractivity contribution in [3.63, 3.8) is 0 Å². The van der Waals surface area contributed by atoms with Gasteiger partial charge in [0.05, 0.1) is 6.42 Å². The van der Waals surface area contributed by atoms with E-state index in [0.717, 1.165) is 15.6 Å². The van der Waals surface area contributed by atoms with E-state index in [4.69, 9.17) is 0 Å². The quantitative estimate of drug-likeness (QED) is 0.838. The van der Waals surface area contributed by atoms with Gasteiger partial charge in [-0.3, -0.25) is 4.79 Å². The van der Waals surface area contributed by atoms with E-state index in [1.165, 1.54) is 12.1 Å². The van der Waals surface area contributed by atoms with Crippen LogP contribution in [-0.4, -0.2) is 12.5 Å². The number of hydrogen-bond acceptors (Lipinski definition) is 2. The van der Waals surface area contributed by atoms with Crippen LogP contribution in [0.5, 0.6) is 5.75 Å². The molecule has 0 aliphatic carbocycles. The van der Waals surface area contributed by atoms with E-state index in [2.05, 4.69) is 26.0 Å². The van der Waals surface area contributed by atoms with Gasteiger partial charge in [-0.15, -0.1) is 0 Å². The Morgan fingerprint density at radius 1 is 1.14 bits per heavy atom. The van der Waals surface area contributed by atoms with Gasteiger partial charge in [0.25, 0.3) is 0 Å². The topological polar surface area (TPSA) is 38.3 Å². The summed E-state index contributed by atoms with van der Waals surface area (Å²) in [6.45, 7) is -2.41. The predicted molar refractivity (Wildman–Crippen MR) is 82.8 cm³/mol. The first-order valence-electron chi connectivity index (χ1n) is 6.58. The lowest BCUT2D eigenvalue weighted by molar-refractivity contribution is -0.120. The highest BCUT2D eigenvalue weighted by Crippen LogP contribution is 2.15. The third-order valence-corrected chi connectivity index (χ3v) is 3.39. The maximum Gasteiger partial charge on any atom is 0.387 e. The van der Waals surface area contributed by atoms with Gasteiger partial charge < -0.3 is 10.1 Å². The fourth-order valence-corrected chi connectivity index (χ4v) is 2.33. The van der Waals surface area contributed by atoms with Crippen molar-refractivity contribution in [3.8, 4) is 5.75 Å². The Bertz CT molecular complexity index is 632. The van der Waals surface area contributed by atoms with E-state index in [-0.39, 0.29) is 18.1 Å². The number of ether oxygens (including phenoxy) is 1. The molecule has 2 rings (SSSR count). The first-order valence-corrected chi connectivity index (χ1v) is 7.37. The molecule has 0 heterocycles. The Kier molecular flexibility index (Phi) is 5.89. The summed E-state index contributed by atoms with van der Waals surface area (Å²) >= 11 is 3.37. The average Bonchev–Trinajstić information content (AvgIpc) is 2.47. The van der Waals surface area contributed by atoms with Crippen LogP contribution in [-0.2, 0) is 17.8 Å². The zero-order valence-corrected chi connectivity index (χ0v) is 13.1. The molecule has 0 aromatic heterocycles. The van der Waals surface area contributed by atoms with Crippen LogP contribution in [0.2, 0.25) is 0 Å². The number of amides is 1. The minimum absolute atomic E-state index is 0.0771. The van der Waals surface area contributed by atoms with Crippen molar-refractivity contribution >= 4 is 21.8 Å². The second kappa shape index (κ2) is 7.89. The number of nitrogens with one attached hydrogen (secondary N) is 1. The Morgan fingerprint density at radius 2 is 1.86 bits per heavy atom. The van der Waals surface area contributed by atoms with Crippen molar-refractivity contribution in [2.45, 2.75) is 19.6 Å². The molecular weight excluding hydrogens is 356 g/mol. The molecule has 0 bridgehead atoms. The Hall–Kier alpha value is -1.95. The second-order valence-corrected chi connectivity index (χ2v) is 5.52. The van der Waals surface area contributed by atoms with Gasteiger partial charge in [-0.25, -0.2) is 0 Å². The van der Waals surface area contributed by atoms with Gasteiger partial charge in [-0.1, -0.05) is 40.2 Å². The zero-order valence-electron chi connectivity index (χ0n) is 11.6. The van der Waals surface area contributed by atoms with Crippen LogP contribution >= 0.6 is 15.9 Å². The molecule has 6 heteroatoms. The molecule has 116 valence electrons. The minimum atomic E-state index is -2.85. The smallest absolute Gasteiger partial charge is 0.387 e. The normalized spacial score (nSPS) is 10.5. The van der Waals surface area contributed by atoms with Gasteiger partial charge in [0, 0.05) is 11.0 Å². The number of rotatable bonds is 6. The zero-order chi connectivity index (χ0) is 15.9. The van der Waals surface area contributed by atoms with E-state index in [1.807, 2.05) is 24.3 Å². The molecule has 0 unspecified atom stereocenters. The van der Waals surface area contributed by atoms with Crippen LogP contribution < -0.4 is 10.1 Å². The highest BCUT2D eigenvalue weighted by atomic mass is 79.9. The van der Waals surface area contributed by atoms with Crippen molar-refractivity contribution in [3.05, 3.63) is 64.1 Å². The number of hydrogen-bond donors (Lipinski definition) is 1. The first-order chi connectivity index (χ1) is 10.5. The molecule has 2 aromatic carbocycles. The van der Waals surface area contributed by atoms with Crippen molar-refractivity contribution in [2.24, 2.45) is 0 Å². The Balaban J connectivity index is 1.84. The number of carbonyl (C=O) groups excluding carboxylic acids is 1. The molecule has 0 aliphatic rings. The molecule has 0 radical (unpaired) electrons. The summed E-state index contributed by atoms with van der Waals surface area (Å²) in [7, 11) is 0. The SMILES string of the molecule is O=C(Cc1ccc(OC(F)F)cc1)NCc1cccc(Br)c1. The number of alkyl halides is 2. The molecule has 2 aromatic rings. The third-order valence-electron chi connectivity index (χ3n) is 2.89. The van der Waals surface area contributed by atoms with E-state index >= 15 is 0 Å². The highest BCUT2D eigenvalue weighted by molar-refractivity contribution is 9.10. The van der Waals surface area contributed by atoms with Crippen molar-refractivity contribution in [2.75, 3.05) is 0 Å². The van der Waals surface area contributed by atoms with E-state index in [9.17, 15) is 13.6 Å². The lowest BCUT2D eigenvalue weighted by atomic mass is 10.1. The van der Waals surface area contributed by atoms with Crippen LogP contribution in [0, 0.1) is 0 Å². The number of benzene rings is 2. The van der Waals surface area contributed by atoms with Gasteiger partial charge in [0.15, 0.2) is 0 Å². The average molecular weight is 370 g/mol. The van der Waals surface area contributed by atoms with Crippen LogP contribution in [0.25, 0.3) is 0 Å². The molecule has 0 aliphatic heterocycles. The van der Waals surface area contributed by atoms with Gasteiger partial charge >= 0.3 is 6.61 Å². The molecule has 0 saturated heterocycles. The van der Waals surface area contributed by atoms with E-state index in [1.54, 1.807) is 12.1 Å². The third kappa shape index (κ3) is 5.44. The summed E-state index contributed by atoms with van der Waals surface area (Å²) in [5.41, 5.74) is 1.72. The fourth-order valence-electron chi connectivity index (χ4n) is 1.88. The predicted octanol–water partition coefficient (Wildman–Crippen LogP) is 3.91. The Labute approximate surface area is 135 Å². The molecule has 0 atom stereocenters. The van der Waals surface area contributed by atoms with Crippen LogP contribution in [0.15, 0.2) is 53.0 Å². The molecule has 1 amide bonds. The van der Waals surface area contributed by atoms with Crippen LogP contribution in [0.3, 0.4) is 0 Å². The minimum Gasteiger partial charge on any atom is -0.435 e. The van der Waals surface area contributed by atoms with Gasteiger partial charge in [0.1, 0.15) is 5.75 Å². The van der Waals surface area contributed by atoms with Gasteiger partial charge in [0.2, 0.25) is 5.91 Å². The van der Waals surface area contributed by atoms with E-state index < -0.39 is 6.61 Å². The standard InChI is InChI=1S/C16H14BrF2NO2/c17-13-3-1-2-12(8-13)10-20-15(21)9-11-4-6-14(7-5-11)22-16(18)19/h1-8,16H,9-10H2,(H,20,21). The van der Waals surface area contributed by atoms with Crippen molar-refractivity contribution in [1.82, 2.24) is 5.32 Å². The largest absolute Gasteiger partial charge is 0.435 e. The summed E-state index contributed by atoms with van der Waals surface area (Å²) in [5, 5.41) is 2.81.